The number of nitrogens with one attached hydrogen (secondary N) is 1. The molecule has 0 aliphatic rings. The predicted molar refractivity (Wildman–Crippen MR) is 98.4 cm³/mol. The Bertz CT molecular complexity index is 1040. The van der Waals surface area contributed by atoms with Gasteiger partial charge < -0.3 is 20.7 Å². The Morgan fingerprint density at radius 1 is 1.29 bits per heavy atom. The number of rotatable bonds is 6. The topological polar surface area (TPSA) is 131 Å². The van der Waals surface area contributed by atoms with Crippen molar-refractivity contribution in [2.45, 2.75) is 12.5 Å². The Kier molecular flexibility index (Phi) is 5.67. The summed E-state index contributed by atoms with van der Waals surface area (Å²) < 4.78 is 18.3. The van der Waals surface area contributed by atoms with Crippen molar-refractivity contribution < 1.29 is 23.6 Å². The fourth-order valence-corrected chi connectivity index (χ4v) is 2.56. The van der Waals surface area contributed by atoms with Gasteiger partial charge >= 0.3 is 5.97 Å². The van der Waals surface area contributed by atoms with Gasteiger partial charge in [0.05, 0.1) is 28.7 Å². The van der Waals surface area contributed by atoms with E-state index in [1.54, 1.807) is 12.1 Å². The number of carboxylic acids is 1. The van der Waals surface area contributed by atoms with Crippen LogP contribution < -0.4 is 11.1 Å². The number of hydrogen-bond acceptors (Lipinski definition) is 6. The average molecular weight is 405 g/mol. The van der Waals surface area contributed by atoms with Gasteiger partial charge in [-0.15, -0.1) is 0 Å². The van der Waals surface area contributed by atoms with Gasteiger partial charge in [-0.25, -0.2) is 9.18 Å². The number of amides is 1. The van der Waals surface area contributed by atoms with E-state index in [-0.39, 0.29) is 34.4 Å². The molecule has 28 heavy (non-hydrogen) atoms. The Labute approximate surface area is 163 Å². The molecule has 144 valence electrons. The molecule has 1 heterocycles. The maximum absolute atomic E-state index is 13.2. The van der Waals surface area contributed by atoms with Crippen LogP contribution in [0, 0.1) is 5.82 Å². The smallest absolute Gasteiger partial charge is 0.337 e. The highest BCUT2D eigenvalue weighted by Crippen LogP contribution is 2.23. The van der Waals surface area contributed by atoms with Crippen LogP contribution in [0.15, 0.2) is 47.0 Å². The van der Waals surface area contributed by atoms with Crippen molar-refractivity contribution in [1.82, 2.24) is 10.1 Å². The van der Waals surface area contributed by atoms with E-state index in [9.17, 15) is 14.0 Å². The van der Waals surface area contributed by atoms with Crippen molar-refractivity contribution in [1.29, 1.82) is 0 Å². The molecule has 1 aromatic heterocycles. The van der Waals surface area contributed by atoms with Gasteiger partial charge in [0.2, 0.25) is 17.6 Å². The van der Waals surface area contributed by atoms with Gasteiger partial charge in [-0.3, -0.25) is 4.79 Å². The Morgan fingerprint density at radius 2 is 2.04 bits per heavy atom. The first-order valence-corrected chi connectivity index (χ1v) is 8.39. The number of aromatic carboxylic acids is 1. The first kappa shape index (κ1) is 19.5. The number of aromatic nitrogens is 2. The third-order valence-electron chi connectivity index (χ3n) is 3.79. The molecule has 0 saturated heterocycles. The SMILES string of the molecule is N[C@@H](Cc1nc(-c2ccc(F)c(Cl)c2)no1)C(=O)Nc1ccccc1C(=O)O. The highest BCUT2D eigenvalue weighted by atomic mass is 35.5. The van der Waals surface area contributed by atoms with Crippen molar-refractivity contribution in [2.75, 3.05) is 5.32 Å². The van der Waals surface area contributed by atoms with Gasteiger partial charge in [-0.2, -0.15) is 4.98 Å². The van der Waals surface area contributed by atoms with Crippen molar-refractivity contribution in [3.63, 3.8) is 0 Å². The van der Waals surface area contributed by atoms with Crippen molar-refractivity contribution in [2.24, 2.45) is 5.73 Å². The minimum absolute atomic E-state index is 0.0590. The van der Waals surface area contributed by atoms with Gasteiger partial charge in [0, 0.05) is 5.56 Å². The molecule has 0 spiro atoms. The summed E-state index contributed by atoms with van der Waals surface area (Å²) in [4.78, 5) is 27.6. The van der Waals surface area contributed by atoms with Crippen molar-refractivity contribution in [3.8, 4) is 11.4 Å². The lowest BCUT2D eigenvalue weighted by Crippen LogP contribution is -2.37. The van der Waals surface area contributed by atoms with Crippen LogP contribution in [0.5, 0.6) is 0 Å². The number of benzene rings is 2. The summed E-state index contributed by atoms with van der Waals surface area (Å²) in [6, 6.07) is 8.84. The van der Waals surface area contributed by atoms with Gasteiger partial charge in [-0.1, -0.05) is 28.9 Å². The molecule has 0 aliphatic heterocycles. The fraction of sp³-hybridized carbons (Fsp3) is 0.111. The molecule has 0 saturated carbocycles. The molecule has 0 fully saturated rings. The van der Waals surface area contributed by atoms with Crippen LogP contribution in [0.2, 0.25) is 5.02 Å². The lowest BCUT2D eigenvalue weighted by atomic mass is 10.1. The molecular formula is C18H14ClFN4O4. The van der Waals surface area contributed by atoms with E-state index in [0.717, 1.165) is 0 Å². The van der Waals surface area contributed by atoms with Crippen LogP contribution in [0.1, 0.15) is 16.2 Å². The standard InChI is InChI=1S/C18H14ClFN4O4/c19-11-7-9(5-6-12(11)20)16-23-15(28-24-16)8-13(21)17(25)22-14-4-2-1-3-10(14)18(26)27/h1-7,13H,8,21H2,(H,22,25)(H,26,27)/t13-/m0/s1. The van der Waals surface area contributed by atoms with Crippen molar-refractivity contribution >= 4 is 29.2 Å². The zero-order valence-corrected chi connectivity index (χ0v) is 15.0. The zero-order chi connectivity index (χ0) is 20.3. The summed E-state index contributed by atoms with van der Waals surface area (Å²) >= 11 is 5.73. The Balaban J connectivity index is 1.69. The molecule has 0 bridgehead atoms. The number of hydrogen-bond donors (Lipinski definition) is 3. The first-order chi connectivity index (χ1) is 13.3. The van der Waals surface area contributed by atoms with E-state index in [4.69, 9.17) is 27.0 Å². The molecule has 0 unspecified atom stereocenters. The number of carbonyl (C=O) groups is 2. The van der Waals surface area contributed by atoms with Crippen molar-refractivity contribution in [3.05, 3.63) is 64.8 Å². The summed E-state index contributed by atoms with van der Waals surface area (Å²) in [5.41, 5.74) is 6.37. The number of para-hydroxylation sites is 1. The second-order valence-corrected chi connectivity index (χ2v) is 6.20. The second-order valence-electron chi connectivity index (χ2n) is 5.79. The molecule has 1 atom stereocenters. The van der Waals surface area contributed by atoms with E-state index in [2.05, 4.69) is 15.5 Å². The summed E-state index contributed by atoms with van der Waals surface area (Å²) in [5.74, 6) is -2.11. The first-order valence-electron chi connectivity index (χ1n) is 8.02. The summed E-state index contributed by atoms with van der Waals surface area (Å²) in [6.07, 6.45) is -0.0804. The fourth-order valence-electron chi connectivity index (χ4n) is 2.38. The maximum Gasteiger partial charge on any atom is 0.337 e. The molecule has 2 aromatic carbocycles. The van der Waals surface area contributed by atoms with Crippen LogP contribution >= 0.6 is 11.6 Å². The Hall–Kier alpha value is -3.30. The monoisotopic (exact) mass is 404 g/mol. The van der Waals surface area contributed by atoms with Crippen LogP contribution in [-0.4, -0.2) is 33.2 Å². The number of halogens is 2. The summed E-state index contributed by atoms with van der Waals surface area (Å²) in [7, 11) is 0. The number of nitrogens with two attached hydrogens (primary N) is 1. The van der Waals surface area contributed by atoms with Crippen LogP contribution in [0.25, 0.3) is 11.4 Å². The van der Waals surface area contributed by atoms with E-state index >= 15 is 0 Å². The largest absolute Gasteiger partial charge is 0.478 e. The molecular weight excluding hydrogens is 391 g/mol. The highest BCUT2D eigenvalue weighted by Gasteiger charge is 2.21. The van der Waals surface area contributed by atoms with Gasteiger partial charge in [0.15, 0.2) is 0 Å². The van der Waals surface area contributed by atoms with Crippen LogP contribution in [-0.2, 0) is 11.2 Å². The lowest BCUT2D eigenvalue weighted by Gasteiger charge is -2.12. The molecule has 0 radical (unpaired) electrons. The van der Waals surface area contributed by atoms with Crippen LogP contribution in [0.4, 0.5) is 10.1 Å². The lowest BCUT2D eigenvalue weighted by molar-refractivity contribution is -0.117. The quantitative estimate of drug-likeness (QED) is 0.575. The van der Waals surface area contributed by atoms with Crippen LogP contribution in [0.3, 0.4) is 0 Å². The molecule has 3 rings (SSSR count). The number of carbonyl (C=O) groups excluding carboxylic acids is 1. The van der Waals surface area contributed by atoms with E-state index in [1.807, 2.05) is 0 Å². The molecule has 8 nitrogen and oxygen atoms in total. The highest BCUT2D eigenvalue weighted by molar-refractivity contribution is 6.31. The van der Waals surface area contributed by atoms with E-state index in [1.165, 1.54) is 30.3 Å². The van der Waals surface area contributed by atoms with E-state index < -0.39 is 23.7 Å². The number of anilines is 1. The molecule has 3 aromatic rings. The zero-order valence-electron chi connectivity index (χ0n) is 14.2. The Morgan fingerprint density at radius 3 is 2.75 bits per heavy atom. The van der Waals surface area contributed by atoms with Gasteiger partial charge in [0.1, 0.15) is 5.82 Å². The van der Waals surface area contributed by atoms with Gasteiger partial charge in [0.25, 0.3) is 0 Å². The normalized spacial score (nSPS) is 11.8. The number of carboxylic acid groups (broad SMARTS) is 1. The minimum Gasteiger partial charge on any atom is -0.478 e. The van der Waals surface area contributed by atoms with E-state index in [0.29, 0.717) is 5.56 Å². The molecule has 4 N–H and O–H groups in total. The number of nitrogens with zero attached hydrogens (tertiary/aromatic N) is 2. The maximum atomic E-state index is 13.2. The summed E-state index contributed by atoms with van der Waals surface area (Å²) in [6.45, 7) is 0. The molecule has 1 amide bonds. The third kappa shape index (κ3) is 4.33. The third-order valence-corrected chi connectivity index (χ3v) is 4.08. The summed E-state index contributed by atoms with van der Waals surface area (Å²) in [5, 5.41) is 15.3. The molecule has 0 aliphatic carbocycles. The van der Waals surface area contributed by atoms with Gasteiger partial charge in [-0.05, 0) is 30.3 Å². The second kappa shape index (κ2) is 8.15. The predicted octanol–water partition coefficient (Wildman–Crippen LogP) is 2.74. The molecule has 10 heteroatoms. The average Bonchev–Trinajstić information content (AvgIpc) is 3.12. The minimum atomic E-state index is -1.18.